The summed E-state index contributed by atoms with van der Waals surface area (Å²) in [5, 5.41) is 23.1. The molecule has 5 rings (SSSR count). The number of hydrogen-bond acceptors (Lipinski definition) is 7. The Morgan fingerprint density at radius 3 is 2.65 bits per heavy atom. The van der Waals surface area contributed by atoms with E-state index in [0.29, 0.717) is 75.2 Å². The number of nitrogens with zero attached hydrogens (tertiary/aromatic N) is 7. The van der Waals surface area contributed by atoms with Gasteiger partial charge in [-0.2, -0.15) is 20.4 Å². The van der Waals surface area contributed by atoms with Crippen LogP contribution < -0.4 is 10.6 Å². The van der Waals surface area contributed by atoms with E-state index < -0.39 is 12.0 Å². The maximum absolute atomic E-state index is 12.9. The lowest BCUT2D eigenvalue weighted by Gasteiger charge is -2.39. The number of alkyl halides is 2. The number of anilines is 1. The standard InChI is InChI=1S/C21H19Cl2F2N9/c1-33-18(23)14-11(32-33)3-2-10(16(14)22)17-15-12(9-26)28-20(29-19(15)31-30-17)34-6-4-21(27,5-7-34)8-13(24)25/h2-3,13H,4-8,27H2,1H3,(H,28,29,30,31). The molecule has 0 aliphatic carbocycles. The first-order valence-electron chi connectivity index (χ1n) is 10.5. The van der Waals surface area contributed by atoms with Gasteiger partial charge >= 0.3 is 0 Å². The van der Waals surface area contributed by atoms with Crippen LogP contribution in [0.5, 0.6) is 0 Å². The normalized spacial score (nSPS) is 16.0. The molecule has 4 aromatic rings. The molecule has 34 heavy (non-hydrogen) atoms. The van der Waals surface area contributed by atoms with Crippen molar-refractivity contribution in [3.63, 3.8) is 0 Å². The summed E-state index contributed by atoms with van der Waals surface area (Å²) in [7, 11) is 1.72. The van der Waals surface area contributed by atoms with Crippen molar-refractivity contribution < 1.29 is 8.78 Å². The second-order valence-electron chi connectivity index (χ2n) is 8.46. The zero-order chi connectivity index (χ0) is 24.2. The number of fused-ring (bicyclic) bond motifs is 2. The molecule has 3 aromatic heterocycles. The Bertz CT molecular complexity index is 1450. The molecule has 0 spiro atoms. The first-order valence-corrected chi connectivity index (χ1v) is 11.3. The van der Waals surface area contributed by atoms with Gasteiger partial charge in [-0.1, -0.05) is 23.2 Å². The third-order valence-electron chi connectivity index (χ3n) is 6.24. The van der Waals surface area contributed by atoms with Gasteiger partial charge in [0.2, 0.25) is 12.4 Å². The van der Waals surface area contributed by atoms with Crippen molar-refractivity contribution in [3.05, 3.63) is 28.0 Å². The number of H-pyrrole nitrogens is 1. The first kappa shape index (κ1) is 22.7. The fraction of sp³-hybridized carbons (Fsp3) is 0.381. The number of nitrogens with two attached hydrogens (primary N) is 1. The number of aromatic amines is 1. The third-order valence-corrected chi connectivity index (χ3v) is 7.07. The highest BCUT2D eigenvalue weighted by Gasteiger charge is 2.34. The number of aryl methyl sites for hydroxylation is 1. The summed E-state index contributed by atoms with van der Waals surface area (Å²) in [6, 6.07) is 5.64. The van der Waals surface area contributed by atoms with E-state index in [4.69, 9.17) is 28.9 Å². The van der Waals surface area contributed by atoms with E-state index in [2.05, 4.69) is 31.3 Å². The van der Waals surface area contributed by atoms with Crippen molar-refractivity contribution in [2.45, 2.75) is 31.2 Å². The molecule has 1 aliphatic rings. The van der Waals surface area contributed by atoms with Crippen molar-refractivity contribution >= 4 is 51.1 Å². The molecule has 0 atom stereocenters. The van der Waals surface area contributed by atoms with E-state index >= 15 is 0 Å². The van der Waals surface area contributed by atoms with Gasteiger partial charge < -0.3 is 10.6 Å². The van der Waals surface area contributed by atoms with Crippen LogP contribution in [0.15, 0.2) is 12.1 Å². The number of aromatic nitrogens is 6. The molecule has 4 heterocycles. The van der Waals surface area contributed by atoms with E-state index in [-0.39, 0.29) is 12.1 Å². The predicted molar refractivity (Wildman–Crippen MR) is 125 cm³/mol. The van der Waals surface area contributed by atoms with E-state index in [9.17, 15) is 14.0 Å². The van der Waals surface area contributed by atoms with Crippen LogP contribution in [0.1, 0.15) is 25.0 Å². The summed E-state index contributed by atoms with van der Waals surface area (Å²) < 4.78 is 27.2. The van der Waals surface area contributed by atoms with Crippen LogP contribution in [0, 0.1) is 11.3 Å². The lowest BCUT2D eigenvalue weighted by Crippen LogP contribution is -2.51. The summed E-state index contributed by atoms with van der Waals surface area (Å²) in [6.45, 7) is 0.811. The lowest BCUT2D eigenvalue weighted by atomic mass is 9.86. The first-order chi connectivity index (χ1) is 16.2. The van der Waals surface area contributed by atoms with Crippen LogP contribution in [0.4, 0.5) is 14.7 Å². The molecule has 0 radical (unpaired) electrons. The van der Waals surface area contributed by atoms with E-state index in [1.165, 1.54) is 4.68 Å². The van der Waals surface area contributed by atoms with Crippen LogP contribution in [0.3, 0.4) is 0 Å². The van der Waals surface area contributed by atoms with Crippen LogP contribution in [-0.4, -0.2) is 55.0 Å². The Morgan fingerprint density at radius 1 is 1.24 bits per heavy atom. The molecular formula is C21H19Cl2F2N9. The average Bonchev–Trinajstić information content (AvgIpc) is 3.34. The van der Waals surface area contributed by atoms with E-state index in [1.54, 1.807) is 19.2 Å². The Morgan fingerprint density at radius 2 is 1.97 bits per heavy atom. The van der Waals surface area contributed by atoms with Gasteiger partial charge in [-0.25, -0.2) is 13.8 Å². The van der Waals surface area contributed by atoms with Gasteiger partial charge in [0.15, 0.2) is 11.3 Å². The highest BCUT2D eigenvalue weighted by Crippen LogP contribution is 2.40. The molecule has 1 saturated heterocycles. The summed E-state index contributed by atoms with van der Waals surface area (Å²) in [5.74, 6) is 0.315. The molecule has 0 unspecified atom stereocenters. The average molecular weight is 506 g/mol. The number of nitrogens with one attached hydrogen (secondary N) is 1. The number of halogens is 4. The second-order valence-corrected chi connectivity index (χ2v) is 9.20. The number of piperidine rings is 1. The fourth-order valence-corrected chi connectivity index (χ4v) is 5.01. The molecule has 0 amide bonds. The molecule has 1 fully saturated rings. The minimum absolute atomic E-state index is 0.120. The minimum Gasteiger partial charge on any atom is -0.341 e. The summed E-state index contributed by atoms with van der Waals surface area (Å²) in [5.41, 5.74) is 7.31. The van der Waals surface area contributed by atoms with Crippen LogP contribution >= 0.6 is 23.2 Å². The van der Waals surface area contributed by atoms with Crippen molar-refractivity contribution in [2.24, 2.45) is 12.8 Å². The van der Waals surface area contributed by atoms with Gasteiger partial charge in [-0.15, -0.1) is 0 Å². The van der Waals surface area contributed by atoms with Crippen molar-refractivity contribution in [1.29, 1.82) is 5.26 Å². The monoisotopic (exact) mass is 505 g/mol. The number of rotatable bonds is 4. The predicted octanol–water partition coefficient (Wildman–Crippen LogP) is 4.04. The molecule has 0 bridgehead atoms. The molecule has 0 saturated carbocycles. The third kappa shape index (κ3) is 3.72. The van der Waals surface area contributed by atoms with Gasteiger partial charge in [-0.3, -0.25) is 9.78 Å². The van der Waals surface area contributed by atoms with Gasteiger partial charge in [0.25, 0.3) is 0 Å². The minimum atomic E-state index is -2.45. The summed E-state index contributed by atoms with van der Waals surface area (Å²) >= 11 is 13.0. The Labute approximate surface area is 202 Å². The molecular weight excluding hydrogens is 487 g/mol. The second kappa shape index (κ2) is 8.30. The van der Waals surface area contributed by atoms with Crippen molar-refractivity contribution in [3.8, 4) is 17.3 Å². The maximum atomic E-state index is 12.9. The largest absolute Gasteiger partial charge is 0.341 e. The van der Waals surface area contributed by atoms with Crippen LogP contribution in [0.2, 0.25) is 10.2 Å². The smallest absolute Gasteiger partial charge is 0.240 e. The van der Waals surface area contributed by atoms with Crippen LogP contribution in [-0.2, 0) is 7.05 Å². The molecule has 9 nitrogen and oxygen atoms in total. The highest BCUT2D eigenvalue weighted by molar-refractivity contribution is 6.43. The van der Waals surface area contributed by atoms with E-state index in [0.717, 1.165) is 0 Å². The summed E-state index contributed by atoms with van der Waals surface area (Å²) in [6.07, 6.45) is -2.06. The molecule has 176 valence electrons. The molecule has 1 aromatic carbocycles. The zero-order valence-electron chi connectivity index (χ0n) is 18.0. The van der Waals surface area contributed by atoms with Gasteiger partial charge in [-0.05, 0) is 25.0 Å². The van der Waals surface area contributed by atoms with Gasteiger partial charge in [0, 0.05) is 37.7 Å². The maximum Gasteiger partial charge on any atom is 0.240 e. The number of hydrogen-bond donors (Lipinski definition) is 2. The Hall–Kier alpha value is -3.07. The van der Waals surface area contributed by atoms with Crippen LogP contribution in [0.25, 0.3) is 33.2 Å². The SMILES string of the molecule is Cn1nc2ccc(-c3n[nH]c4nc(N5CCC(N)(CC(F)F)CC5)nc(C#N)c34)c(Cl)c2c1Cl. The molecule has 1 aliphatic heterocycles. The molecule has 13 heteroatoms. The number of benzene rings is 1. The quantitative estimate of drug-likeness (QED) is 0.428. The van der Waals surface area contributed by atoms with E-state index in [1.807, 2.05) is 4.90 Å². The van der Waals surface area contributed by atoms with Gasteiger partial charge in [0.05, 0.1) is 21.3 Å². The van der Waals surface area contributed by atoms with Crippen molar-refractivity contribution in [2.75, 3.05) is 18.0 Å². The topological polar surface area (TPSA) is 125 Å². The fourth-order valence-electron chi connectivity index (χ4n) is 4.40. The Balaban J connectivity index is 1.54. The number of nitriles is 1. The lowest BCUT2D eigenvalue weighted by molar-refractivity contribution is 0.0953. The summed E-state index contributed by atoms with van der Waals surface area (Å²) in [4.78, 5) is 10.8. The molecule has 3 N–H and O–H groups in total. The highest BCUT2D eigenvalue weighted by atomic mass is 35.5. The zero-order valence-corrected chi connectivity index (χ0v) is 19.5. The van der Waals surface area contributed by atoms with Crippen molar-refractivity contribution in [1.82, 2.24) is 29.9 Å². The Kier molecular flexibility index (Phi) is 5.55. The van der Waals surface area contributed by atoms with Gasteiger partial charge in [0.1, 0.15) is 16.9 Å².